The fourth-order valence-electron chi connectivity index (χ4n) is 3.78. The molecule has 1 aromatic heterocycles. The van der Waals surface area contributed by atoms with Crippen LogP contribution in [0.2, 0.25) is 0 Å². The van der Waals surface area contributed by atoms with Crippen LogP contribution in [-0.4, -0.2) is 49.9 Å². The Morgan fingerprint density at radius 1 is 1.12 bits per heavy atom. The summed E-state index contributed by atoms with van der Waals surface area (Å²) in [6.45, 7) is 2.78. The predicted octanol–water partition coefficient (Wildman–Crippen LogP) is 2.56. The molecule has 1 fully saturated rings. The second kappa shape index (κ2) is 7.33. The van der Waals surface area contributed by atoms with Crippen molar-refractivity contribution >= 4 is 16.7 Å². The van der Waals surface area contributed by atoms with E-state index in [-0.39, 0.29) is 0 Å². The van der Waals surface area contributed by atoms with Crippen LogP contribution in [0.1, 0.15) is 6.42 Å². The van der Waals surface area contributed by atoms with E-state index in [4.69, 9.17) is 9.47 Å². The van der Waals surface area contributed by atoms with Crippen LogP contribution >= 0.6 is 0 Å². The third-order valence-electron chi connectivity index (χ3n) is 5.16. The zero-order valence-corrected chi connectivity index (χ0v) is 15.2. The van der Waals surface area contributed by atoms with Gasteiger partial charge in [-0.15, -0.1) is 0 Å². The van der Waals surface area contributed by atoms with Crippen molar-refractivity contribution in [1.29, 1.82) is 0 Å². The van der Waals surface area contributed by atoms with Crippen LogP contribution in [0.25, 0.3) is 10.9 Å². The molecule has 1 unspecified atom stereocenters. The maximum Gasteiger partial charge on any atom is 0.162 e. The molecule has 26 heavy (non-hydrogen) atoms. The van der Waals surface area contributed by atoms with Gasteiger partial charge in [-0.3, -0.25) is 0 Å². The van der Waals surface area contributed by atoms with E-state index in [1.807, 2.05) is 12.1 Å². The zero-order chi connectivity index (χ0) is 17.9. The number of methoxy groups -OCH3 is 2. The van der Waals surface area contributed by atoms with Crippen LogP contribution in [-0.2, 0) is 0 Å². The number of nitrogens with one attached hydrogen (secondary N) is 1. The Morgan fingerprint density at radius 3 is 2.73 bits per heavy atom. The highest BCUT2D eigenvalue weighted by atomic mass is 16.5. The number of aromatic nitrogens is 2. The fraction of sp³-hybridized carbons (Fsp3) is 0.400. The van der Waals surface area contributed by atoms with E-state index in [2.05, 4.69) is 44.5 Å². The number of nitrogens with zero attached hydrogens (tertiary/aromatic N) is 3. The van der Waals surface area contributed by atoms with Crippen LogP contribution in [0, 0.1) is 5.92 Å². The third-order valence-corrected chi connectivity index (χ3v) is 5.16. The molecule has 2 aromatic rings. The Morgan fingerprint density at radius 2 is 1.96 bits per heavy atom. The average molecular weight is 352 g/mol. The van der Waals surface area contributed by atoms with Crippen molar-refractivity contribution < 1.29 is 9.47 Å². The number of benzene rings is 1. The van der Waals surface area contributed by atoms with Gasteiger partial charge in [0.2, 0.25) is 0 Å². The van der Waals surface area contributed by atoms with Gasteiger partial charge >= 0.3 is 0 Å². The van der Waals surface area contributed by atoms with Gasteiger partial charge in [0.1, 0.15) is 12.1 Å². The molecule has 2 aliphatic rings. The quantitative estimate of drug-likeness (QED) is 0.913. The van der Waals surface area contributed by atoms with E-state index in [1.54, 1.807) is 20.5 Å². The SMILES string of the molecule is COc1cc2ncnc(N3CCN[C@@H](C4C=CC=CC4)C3)c2cc1OC. The molecule has 0 radical (unpaired) electrons. The van der Waals surface area contributed by atoms with E-state index >= 15 is 0 Å². The Kier molecular flexibility index (Phi) is 4.75. The fourth-order valence-corrected chi connectivity index (χ4v) is 3.78. The second-order valence-electron chi connectivity index (χ2n) is 6.64. The number of ether oxygens (including phenoxy) is 2. The number of rotatable bonds is 4. The van der Waals surface area contributed by atoms with Crippen molar-refractivity contribution in [3.8, 4) is 11.5 Å². The van der Waals surface area contributed by atoms with E-state index < -0.39 is 0 Å². The Hall–Kier alpha value is -2.60. The van der Waals surface area contributed by atoms with Crippen molar-refractivity contribution in [3.63, 3.8) is 0 Å². The van der Waals surface area contributed by atoms with Crippen molar-refractivity contribution in [2.24, 2.45) is 5.92 Å². The molecule has 1 aliphatic heterocycles. The van der Waals surface area contributed by atoms with Gasteiger partial charge in [0.15, 0.2) is 11.5 Å². The van der Waals surface area contributed by atoms with E-state index in [1.165, 1.54) is 0 Å². The van der Waals surface area contributed by atoms with Crippen LogP contribution in [0.4, 0.5) is 5.82 Å². The van der Waals surface area contributed by atoms with Gasteiger partial charge in [0, 0.05) is 37.1 Å². The van der Waals surface area contributed by atoms with E-state index in [9.17, 15) is 0 Å². The number of piperazine rings is 1. The highest BCUT2D eigenvalue weighted by Crippen LogP contribution is 2.35. The van der Waals surface area contributed by atoms with Gasteiger partial charge in [0.25, 0.3) is 0 Å². The lowest BCUT2D eigenvalue weighted by Crippen LogP contribution is -2.54. The first kappa shape index (κ1) is 16.8. The number of hydrogen-bond acceptors (Lipinski definition) is 6. The van der Waals surface area contributed by atoms with Gasteiger partial charge in [-0.05, 0) is 18.4 Å². The molecular formula is C20H24N4O2. The molecule has 0 spiro atoms. The lowest BCUT2D eigenvalue weighted by molar-refractivity contribution is 0.355. The summed E-state index contributed by atoms with van der Waals surface area (Å²) in [4.78, 5) is 11.4. The van der Waals surface area contributed by atoms with Gasteiger partial charge in [-0.2, -0.15) is 0 Å². The summed E-state index contributed by atoms with van der Waals surface area (Å²) >= 11 is 0. The average Bonchev–Trinajstić information content (AvgIpc) is 2.73. The lowest BCUT2D eigenvalue weighted by atomic mass is 9.91. The summed E-state index contributed by atoms with van der Waals surface area (Å²) in [5, 5.41) is 4.65. The maximum atomic E-state index is 5.47. The van der Waals surface area contributed by atoms with E-state index in [0.29, 0.717) is 23.5 Å². The number of anilines is 1. The summed E-state index contributed by atoms with van der Waals surface area (Å²) < 4.78 is 10.9. The Bertz CT molecular complexity index is 849. The highest BCUT2D eigenvalue weighted by molar-refractivity contribution is 5.92. The predicted molar refractivity (Wildman–Crippen MR) is 103 cm³/mol. The number of hydrogen-bond donors (Lipinski definition) is 1. The molecule has 4 rings (SSSR count). The summed E-state index contributed by atoms with van der Waals surface area (Å²) in [6.07, 6.45) is 11.5. The van der Waals surface area contributed by atoms with Crippen molar-refractivity contribution in [2.75, 3.05) is 38.8 Å². The molecule has 0 amide bonds. The van der Waals surface area contributed by atoms with Crippen molar-refractivity contribution in [1.82, 2.24) is 15.3 Å². The van der Waals surface area contributed by atoms with Crippen LogP contribution in [0.5, 0.6) is 11.5 Å². The molecule has 1 saturated heterocycles. The van der Waals surface area contributed by atoms with Crippen molar-refractivity contribution in [2.45, 2.75) is 12.5 Å². The molecule has 1 aliphatic carbocycles. The van der Waals surface area contributed by atoms with Crippen LogP contribution in [0.15, 0.2) is 42.8 Å². The minimum Gasteiger partial charge on any atom is -0.493 e. The molecule has 2 heterocycles. The molecule has 2 atom stereocenters. The molecule has 136 valence electrons. The third kappa shape index (κ3) is 3.12. The summed E-state index contributed by atoms with van der Waals surface area (Å²) in [5.74, 6) is 2.85. The number of fused-ring (bicyclic) bond motifs is 1. The monoisotopic (exact) mass is 352 g/mol. The molecule has 0 saturated carbocycles. The topological polar surface area (TPSA) is 59.5 Å². The maximum absolute atomic E-state index is 5.47. The summed E-state index contributed by atoms with van der Waals surface area (Å²) in [6, 6.07) is 4.30. The Labute approximate surface area is 153 Å². The first-order chi connectivity index (χ1) is 12.8. The smallest absolute Gasteiger partial charge is 0.162 e. The second-order valence-corrected chi connectivity index (χ2v) is 6.64. The molecule has 6 nitrogen and oxygen atoms in total. The van der Waals surface area contributed by atoms with Gasteiger partial charge in [0.05, 0.1) is 19.7 Å². The molecule has 0 bridgehead atoms. The highest BCUT2D eigenvalue weighted by Gasteiger charge is 2.27. The van der Waals surface area contributed by atoms with E-state index in [0.717, 1.165) is 42.8 Å². The van der Waals surface area contributed by atoms with Crippen molar-refractivity contribution in [3.05, 3.63) is 42.8 Å². The lowest BCUT2D eigenvalue weighted by Gasteiger charge is -2.38. The van der Waals surface area contributed by atoms with Crippen LogP contribution < -0.4 is 19.7 Å². The summed E-state index contributed by atoms with van der Waals surface area (Å²) in [7, 11) is 3.29. The zero-order valence-electron chi connectivity index (χ0n) is 15.2. The van der Waals surface area contributed by atoms with Gasteiger partial charge in [-0.1, -0.05) is 24.3 Å². The molecular weight excluding hydrogens is 328 g/mol. The van der Waals surface area contributed by atoms with Gasteiger partial charge in [-0.25, -0.2) is 9.97 Å². The van der Waals surface area contributed by atoms with Crippen LogP contribution in [0.3, 0.4) is 0 Å². The number of allylic oxidation sites excluding steroid dienone is 3. The largest absolute Gasteiger partial charge is 0.493 e. The molecule has 6 heteroatoms. The van der Waals surface area contributed by atoms with Gasteiger partial charge < -0.3 is 19.7 Å². The standard InChI is InChI=1S/C20H24N4O2/c1-25-18-10-15-16(11-19(18)26-2)22-13-23-20(15)24-9-8-21-17(12-24)14-6-4-3-5-7-14/h3-6,10-11,13-14,17,21H,7-9,12H2,1-2H3/t14?,17-/m1/s1. The first-order valence-electron chi connectivity index (χ1n) is 8.98. The molecule has 1 N–H and O–H groups in total. The molecule has 1 aromatic carbocycles. The summed E-state index contributed by atoms with van der Waals surface area (Å²) in [5.41, 5.74) is 0.864. The first-order valence-corrected chi connectivity index (χ1v) is 8.98. The minimum absolute atomic E-state index is 0.412. The normalized spacial score (nSPS) is 22.6. The Balaban J connectivity index is 1.67. The minimum atomic E-state index is 0.412.